The highest BCUT2D eigenvalue weighted by Gasteiger charge is 2.41. The lowest BCUT2D eigenvalue weighted by Gasteiger charge is -2.41. The Labute approximate surface area is 143 Å². The average Bonchev–Trinajstić information content (AvgIpc) is 3.14. The minimum atomic E-state index is -1.14. The normalized spacial score (nSPS) is 33.6. The van der Waals surface area contributed by atoms with Crippen molar-refractivity contribution in [2.24, 2.45) is 18.7 Å². The molecule has 1 fully saturated rings. The molecule has 0 saturated carbocycles. The first-order chi connectivity index (χ1) is 11.9. The first-order valence-electron chi connectivity index (χ1n) is 8.46. The van der Waals surface area contributed by atoms with Crippen LogP contribution in [0.3, 0.4) is 0 Å². The fourth-order valence-corrected chi connectivity index (χ4v) is 4.07. The van der Waals surface area contributed by atoms with E-state index in [0.29, 0.717) is 19.1 Å². The summed E-state index contributed by atoms with van der Waals surface area (Å²) in [5.41, 5.74) is 8.60. The van der Waals surface area contributed by atoms with Gasteiger partial charge in [0.25, 0.3) is 0 Å². The minimum absolute atomic E-state index is 0.117. The Morgan fingerprint density at radius 1 is 1.28 bits per heavy atom. The smallest absolute Gasteiger partial charge is 0.157 e. The lowest BCUT2D eigenvalue weighted by molar-refractivity contribution is -0.0732. The van der Waals surface area contributed by atoms with Gasteiger partial charge in [-0.15, -0.1) is 0 Å². The number of allylic oxidation sites excluding steroid dienone is 3. The summed E-state index contributed by atoms with van der Waals surface area (Å²) < 4.78 is 48.5. The highest BCUT2D eigenvalue weighted by molar-refractivity contribution is 5.27. The number of ether oxygens (including phenoxy) is 1. The molecule has 3 heterocycles. The van der Waals surface area contributed by atoms with Crippen molar-refractivity contribution in [3.63, 3.8) is 0 Å². The Balaban J connectivity index is 1.41. The van der Waals surface area contributed by atoms with Crippen molar-refractivity contribution in [3.8, 4) is 0 Å². The van der Waals surface area contributed by atoms with Gasteiger partial charge in [0.2, 0.25) is 0 Å². The number of aryl methyl sites for hydroxylation is 1. The molecule has 25 heavy (non-hydrogen) atoms. The zero-order valence-corrected chi connectivity index (χ0v) is 14.0. The number of aromatic nitrogens is 2. The molecule has 1 saturated heterocycles. The summed E-state index contributed by atoms with van der Waals surface area (Å²) in [6, 6.07) is -0.315. The standard InChI is InChI=1S/C17H21F3N4O/c1-23-16-7-24(6-9(16)5-22-23)10-2-15(21)17(25-8-10)11-3-13(19)14(20)4-12(11)18/h4-5,10-11,15,17H,2-3,6-8,21H2,1H3/t10-,11-,15-,17?/m0/s1. The number of nitrogens with zero attached hydrogens (tertiary/aromatic N) is 3. The largest absolute Gasteiger partial charge is 0.374 e. The zero-order chi connectivity index (χ0) is 17.7. The van der Waals surface area contributed by atoms with Crippen molar-refractivity contribution in [1.82, 2.24) is 14.7 Å². The Hall–Kier alpha value is -1.64. The zero-order valence-electron chi connectivity index (χ0n) is 14.0. The van der Waals surface area contributed by atoms with Gasteiger partial charge in [0, 0.05) is 56.2 Å². The third-order valence-corrected chi connectivity index (χ3v) is 5.51. The van der Waals surface area contributed by atoms with Crippen LogP contribution in [0.25, 0.3) is 0 Å². The van der Waals surface area contributed by atoms with E-state index >= 15 is 0 Å². The number of fused-ring (bicyclic) bond motifs is 1. The first kappa shape index (κ1) is 16.8. The van der Waals surface area contributed by atoms with Crippen LogP contribution in [0.1, 0.15) is 24.1 Å². The van der Waals surface area contributed by atoms with Crippen molar-refractivity contribution < 1.29 is 17.9 Å². The summed E-state index contributed by atoms with van der Waals surface area (Å²) >= 11 is 0. The molecule has 0 radical (unpaired) electrons. The van der Waals surface area contributed by atoms with E-state index in [1.165, 1.54) is 11.3 Å². The maximum Gasteiger partial charge on any atom is 0.157 e. The molecule has 3 aliphatic rings. The summed E-state index contributed by atoms with van der Waals surface area (Å²) in [4.78, 5) is 2.27. The summed E-state index contributed by atoms with van der Waals surface area (Å²) in [5, 5.41) is 4.24. The van der Waals surface area contributed by atoms with Crippen molar-refractivity contribution >= 4 is 0 Å². The van der Waals surface area contributed by atoms with Gasteiger partial charge in [-0.2, -0.15) is 5.10 Å². The number of hydrogen-bond donors (Lipinski definition) is 1. The lowest BCUT2D eigenvalue weighted by Crippen LogP contribution is -2.54. The quantitative estimate of drug-likeness (QED) is 0.885. The van der Waals surface area contributed by atoms with E-state index in [9.17, 15) is 13.2 Å². The van der Waals surface area contributed by atoms with E-state index < -0.39 is 35.5 Å². The van der Waals surface area contributed by atoms with Crippen LogP contribution in [-0.2, 0) is 24.9 Å². The molecular weight excluding hydrogens is 333 g/mol. The Bertz CT molecular complexity index is 744. The second kappa shape index (κ2) is 6.26. The van der Waals surface area contributed by atoms with Gasteiger partial charge in [0.05, 0.1) is 24.6 Å². The van der Waals surface area contributed by atoms with Crippen molar-refractivity contribution in [1.29, 1.82) is 0 Å². The summed E-state index contributed by atoms with van der Waals surface area (Å²) in [5.74, 6) is -3.63. The molecule has 1 aromatic heterocycles. The second-order valence-electron chi connectivity index (χ2n) is 7.09. The maximum atomic E-state index is 14.1. The van der Waals surface area contributed by atoms with E-state index in [1.54, 1.807) is 0 Å². The van der Waals surface area contributed by atoms with E-state index in [0.717, 1.165) is 13.1 Å². The van der Waals surface area contributed by atoms with Gasteiger partial charge in [-0.05, 0) is 6.42 Å². The number of rotatable bonds is 2. The van der Waals surface area contributed by atoms with Crippen LogP contribution in [-0.4, -0.2) is 39.5 Å². The van der Waals surface area contributed by atoms with Crippen molar-refractivity contribution in [3.05, 3.63) is 41.0 Å². The topological polar surface area (TPSA) is 56.3 Å². The van der Waals surface area contributed by atoms with Gasteiger partial charge in [-0.3, -0.25) is 9.58 Å². The van der Waals surface area contributed by atoms with Crippen molar-refractivity contribution in [2.75, 3.05) is 6.61 Å². The maximum absolute atomic E-state index is 14.1. The predicted molar refractivity (Wildman–Crippen MR) is 85.1 cm³/mol. The van der Waals surface area contributed by atoms with Crippen LogP contribution in [0.2, 0.25) is 0 Å². The van der Waals surface area contributed by atoms with Gasteiger partial charge >= 0.3 is 0 Å². The van der Waals surface area contributed by atoms with Gasteiger partial charge in [0.1, 0.15) is 11.7 Å². The van der Waals surface area contributed by atoms with Gasteiger partial charge in [-0.1, -0.05) is 0 Å². The fourth-order valence-electron chi connectivity index (χ4n) is 4.07. The second-order valence-corrected chi connectivity index (χ2v) is 7.09. The molecule has 2 aliphatic heterocycles. The monoisotopic (exact) mass is 354 g/mol. The minimum Gasteiger partial charge on any atom is -0.374 e. The molecule has 0 aromatic carbocycles. The van der Waals surface area contributed by atoms with E-state index in [2.05, 4.69) is 10.00 Å². The van der Waals surface area contributed by atoms with E-state index in [-0.39, 0.29) is 12.5 Å². The van der Waals surface area contributed by atoms with Crippen LogP contribution >= 0.6 is 0 Å². The van der Waals surface area contributed by atoms with Crippen LogP contribution in [0.15, 0.2) is 29.8 Å². The molecule has 1 aromatic rings. The van der Waals surface area contributed by atoms with Crippen molar-refractivity contribution in [2.45, 2.75) is 44.1 Å². The Kier molecular flexibility index (Phi) is 4.21. The summed E-state index contributed by atoms with van der Waals surface area (Å²) in [6.45, 7) is 1.96. The molecule has 1 aliphatic carbocycles. The third-order valence-electron chi connectivity index (χ3n) is 5.51. The molecule has 5 nitrogen and oxygen atoms in total. The summed E-state index contributed by atoms with van der Waals surface area (Å²) in [7, 11) is 1.92. The molecule has 0 bridgehead atoms. The van der Waals surface area contributed by atoms with Crippen LogP contribution in [0.5, 0.6) is 0 Å². The number of hydrogen-bond acceptors (Lipinski definition) is 4. The number of nitrogens with two attached hydrogens (primary N) is 1. The average molecular weight is 354 g/mol. The molecule has 0 amide bonds. The predicted octanol–water partition coefficient (Wildman–Crippen LogP) is 2.24. The molecule has 8 heteroatoms. The SMILES string of the molecule is Cn1ncc2c1CN([C@@H]1COC([C@H]3CC(F)=C(F)C=C3F)[C@@H](N)C1)C2. The first-order valence-corrected chi connectivity index (χ1v) is 8.46. The molecule has 1 unspecified atom stereocenters. The molecule has 0 spiro atoms. The highest BCUT2D eigenvalue weighted by atomic mass is 19.2. The van der Waals surface area contributed by atoms with Crippen LogP contribution < -0.4 is 5.73 Å². The lowest BCUT2D eigenvalue weighted by atomic mass is 9.84. The van der Waals surface area contributed by atoms with E-state index in [1.807, 2.05) is 17.9 Å². The fraction of sp³-hybridized carbons (Fsp3) is 0.588. The molecule has 2 N–H and O–H groups in total. The van der Waals surface area contributed by atoms with Gasteiger partial charge < -0.3 is 10.5 Å². The molecule has 4 atom stereocenters. The van der Waals surface area contributed by atoms with Gasteiger partial charge in [-0.25, -0.2) is 13.2 Å². The van der Waals surface area contributed by atoms with Crippen LogP contribution in [0.4, 0.5) is 13.2 Å². The number of halogens is 3. The molecular formula is C17H21F3N4O. The Morgan fingerprint density at radius 2 is 2.08 bits per heavy atom. The molecule has 136 valence electrons. The molecule has 4 rings (SSSR count). The van der Waals surface area contributed by atoms with Crippen LogP contribution in [0, 0.1) is 5.92 Å². The highest BCUT2D eigenvalue weighted by Crippen LogP contribution is 2.38. The van der Waals surface area contributed by atoms with Gasteiger partial charge in [0.15, 0.2) is 5.83 Å². The Morgan fingerprint density at radius 3 is 2.80 bits per heavy atom. The van der Waals surface area contributed by atoms with E-state index in [4.69, 9.17) is 10.5 Å². The summed E-state index contributed by atoms with van der Waals surface area (Å²) in [6.07, 6.45) is 2.13. The third kappa shape index (κ3) is 2.92.